The third kappa shape index (κ3) is 4.27. The maximum absolute atomic E-state index is 13.4. The Morgan fingerprint density at radius 1 is 0.917 bits per heavy atom. The van der Waals surface area contributed by atoms with Crippen molar-refractivity contribution < 1.29 is 27.4 Å². The number of ketones is 1. The van der Waals surface area contributed by atoms with Gasteiger partial charge in [-0.15, -0.1) is 0 Å². The second kappa shape index (κ2) is 9.92. The average Bonchev–Trinajstić information content (AvgIpc) is 2.99. The Balaban J connectivity index is 1.80. The van der Waals surface area contributed by atoms with Crippen LogP contribution in [-0.4, -0.2) is 51.6 Å². The predicted molar refractivity (Wildman–Crippen MR) is 142 cm³/mol. The average molecular weight is 532 g/mol. The highest BCUT2D eigenvalue weighted by atomic mass is 28.5. The van der Waals surface area contributed by atoms with Gasteiger partial charge in [0.05, 0.1) is 6.42 Å². The number of β-lactam (4-membered cyclic amide) rings is 1. The van der Waals surface area contributed by atoms with Gasteiger partial charge in [0, 0.05) is 0 Å². The number of fused-ring (bicyclic) bond motifs is 2. The molecule has 0 bridgehead atoms. The molecule has 7 nitrogen and oxygen atoms in total. The molecule has 3 atom stereocenters. The molecule has 2 saturated heterocycles. The molecule has 1 aromatic rings. The van der Waals surface area contributed by atoms with Crippen LogP contribution in [0.2, 0.25) is 22.2 Å². The van der Waals surface area contributed by atoms with E-state index in [0.29, 0.717) is 0 Å². The van der Waals surface area contributed by atoms with Crippen LogP contribution in [0, 0.1) is 0 Å². The summed E-state index contributed by atoms with van der Waals surface area (Å²) >= 11 is 0. The van der Waals surface area contributed by atoms with Crippen molar-refractivity contribution in [3.05, 3.63) is 48.0 Å². The summed E-state index contributed by atoms with van der Waals surface area (Å²) in [4.78, 5) is 32.4. The first kappa shape index (κ1) is 27.4. The topological polar surface area (TPSA) is 74.3 Å². The van der Waals surface area contributed by atoms with E-state index in [1.165, 1.54) is 5.06 Å². The van der Waals surface area contributed by atoms with Gasteiger partial charge >= 0.3 is 17.1 Å². The van der Waals surface area contributed by atoms with Crippen LogP contribution in [0.25, 0.3) is 0 Å². The van der Waals surface area contributed by atoms with E-state index in [0.717, 1.165) is 5.56 Å². The summed E-state index contributed by atoms with van der Waals surface area (Å²) in [5, 5.41) is 1.42. The Morgan fingerprint density at radius 3 is 2.00 bits per heavy atom. The SMILES string of the molecule is CC(C)[Si]1(C(C)C)OC2C(=O)C=CC3(CC(=O)N3OCc3ccccc3)C2O[Si](C(C)C)(C(C)C)O1. The van der Waals surface area contributed by atoms with Crippen molar-refractivity contribution in [2.75, 3.05) is 0 Å². The molecular weight excluding hydrogens is 490 g/mol. The van der Waals surface area contributed by atoms with Gasteiger partial charge in [-0.25, -0.2) is 5.06 Å². The third-order valence-electron chi connectivity index (χ3n) is 7.99. The number of nitrogens with zero attached hydrogens (tertiary/aromatic N) is 1. The number of hydrogen-bond donors (Lipinski definition) is 0. The minimum Gasteiger partial charge on any atom is -0.414 e. The summed E-state index contributed by atoms with van der Waals surface area (Å²) in [5.41, 5.74) is 0.530. The molecule has 1 aromatic carbocycles. The largest absolute Gasteiger partial charge is 0.414 e. The highest BCUT2D eigenvalue weighted by Gasteiger charge is 2.69. The lowest BCUT2D eigenvalue weighted by Crippen LogP contribution is -2.74. The Morgan fingerprint density at radius 2 is 1.47 bits per heavy atom. The molecular formula is C27H41NO6Si2. The van der Waals surface area contributed by atoms with E-state index in [-0.39, 0.29) is 46.9 Å². The molecule has 198 valence electrons. The fourth-order valence-corrected chi connectivity index (χ4v) is 17.2. The molecule has 0 aromatic heterocycles. The maximum Gasteiger partial charge on any atom is 0.335 e. The highest BCUT2D eigenvalue weighted by molar-refractivity contribution is 6.84. The summed E-state index contributed by atoms with van der Waals surface area (Å²) in [6, 6.07) is 9.74. The van der Waals surface area contributed by atoms with Gasteiger partial charge in [-0.2, -0.15) is 0 Å². The van der Waals surface area contributed by atoms with E-state index < -0.39 is 34.9 Å². The van der Waals surface area contributed by atoms with E-state index in [9.17, 15) is 9.59 Å². The smallest absolute Gasteiger partial charge is 0.335 e. The van der Waals surface area contributed by atoms with Gasteiger partial charge < -0.3 is 13.0 Å². The number of rotatable bonds is 7. The number of benzene rings is 1. The first-order valence-electron chi connectivity index (χ1n) is 13.2. The van der Waals surface area contributed by atoms with Crippen molar-refractivity contribution in [3.8, 4) is 0 Å². The molecule has 3 unspecified atom stereocenters. The van der Waals surface area contributed by atoms with Crippen molar-refractivity contribution in [1.29, 1.82) is 0 Å². The van der Waals surface area contributed by atoms with Crippen molar-refractivity contribution in [1.82, 2.24) is 5.06 Å². The zero-order chi connectivity index (χ0) is 26.5. The molecule has 2 aliphatic heterocycles. The zero-order valence-corrected chi connectivity index (χ0v) is 24.8. The molecule has 9 heteroatoms. The molecule has 0 radical (unpaired) electrons. The lowest BCUT2D eigenvalue weighted by atomic mass is 9.74. The van der Waals surface area contributed by atoms with Crippen LogP contribution in [-0.2, 0) is 34.0 Å². The summed E-state index contributed by atoms with van der Waals surface area (Å²) in [6.45, 7) is 17.4. The molecule has 2 fully saturated rings. The summed E-state index contributed by atoms with van der Waals surface area (Å²) in [5.74, 6) is -0.262. The number of hydrogen-bond acceptors (Lipinski definition) is 6. The quantitative estimate of drug-likeness (QED) is 0.339. The van der Waals surface area contributed by atoms with Crippen LogP contribution in [0.15, 0.2) is 42.5 Å². The molecule has 1 aliphatic carbocycles. The Kier molecular flexibility index (Phi) is 7.55. The molecule has 1 amide bonds. The normalized spacial score (nSPS) is 29.3. The van der Waals surface area contributed by atoms with Crippen LogP contribution in [0.1, 0.15) is 67.4 Å². The lowest BCUT2D eigenvalue weighted by Gasteiger charge is -2.56. The van der Waals surface area contributed by atoms with Gasteiger partial charge in [0.2, 0.25) is 5.91 Å². The van der Waals surface area contributed by atoms with Crippen LogP contribution in [0.5, 0.6) is 0 Å². The fourth-order valence-electron chi connectivity index (χ4n) is 5.93. The first-order valence-corrected chi connectivity index (χ1v) is 17.1. The number of carbonyl (C=O) groups is 2. The third-order valence-corrected chi connectivity index (χ3v) is 18.2. The summed E-state index contributed by atoms with van der Waals surface area (Å²) in [6.07, 6.45) is 2.02. The van der Waals surface area contributed by atoms with Gasteiger partial charge in [0.15, 0.2) is 5.78 Å². The van der Waals surface area contributed by atoms with E-state index >= 15 is 0 Å². The molecule has 36 heavy (non-hydrogen) atoms. The molecule has 2 heterocycles. The minimum atomic E-state index is -2.94. The Hall–Kier alpha value is -1.63. The van der Waals surface area contributed by atoms with Crippen LogP contribution in [0.3, 0.4) is 0 Å². The monoisotopic (exact) mass is 531 g/mol. The van der Waals surface area contributed by atoms with Crippen molar-refractivity contribution in [3.63, 3.8) is 0 Å². The number of carbonyl (C=O) groups excluding carboxylic acids is 2. The van der Waals surface area contributed by atoms with Gasteiger partial charge in [-0.3, -0.25) is 14.4 Å². The van der Waals surface area contributed by atoms with Crippen LogP contribution >= 0.6 is 0 Å². The van der Waals surface area contributed by atoms with Gasteiger partial charge in [-0.05, 0) is 39.9 Å². The van der Waals surface area contributed by atoms with E-state index in [4.69, 9.17) is 17.8 Å². The second-order valence-corrected chi connectivity index (χ2v) is 20.4. The lowest BCUT2D eigenvalue weighted by molar-refractivity contribution is -0.272. The van der Waals surface area contributed by atoms with E-state index in [1.54, 1.807) is 12.2 Å². The van der Waals surface area contributed by atoms with Crippen LogP contribution < -0.4 is 0 Å². The van der Waals surface area contributed by atoms with E-state index in [2.05, 4.69) is 55.4 Å². The molecule has 1 spiro atoms. The molecule has 3 aliphatic rings. The van der Waals surface area contributed by atoms with Crippen molar-refractivity contribution in [2.24, 2.45) is 0 Å². The van der Waals surface area contributed by atoms with Gasteiger partial charge in [0.1, 0.15) is 24.4 Å². The standard InChI is InChI=1S/C27H41NO6Si2/c1-18(2)35(19(3)4)32-25-23(29)14-15-27(26(25)33-36(34-35,20(5)6)21(7)8)16-24(30)28(27)31-17-22-12-10-9-11-13-22/h9-15,18-21,25-26H,16-17H2,1-8H3. The fraction of sp³-hybridized carbons (Fsp3) is 0.630. The minimum absolute atomic E-state index is 0.118. The zero-order valence-electron chi connectivity index (χ0n) is 22.8. The van der Waals surface area contributed by atoms with Crippen LogP contribution in [0.4, 0.5) is 0 Å². The molecule has 0 N–H and O–H groups in total. The Labute approximate surface area is 217 Å². The Bertz CT molecular complexity index is 995. The van der Waals surface area contributed by atoms with Gasteiger partial charge in [0.25, 0.3) is 0 Å². The highest BCUT2D eigenvalue weighted by Crippen LogP contribution is 2.52. The van der Waals surface area contributed by atoms with Crippen molar-refractivity contribution >= 4 is 28.8 Å². The second-order valence-electron chi connectivity index (χ2n) is 11.6. The molecule has 0 saturated carbocycles. The first-order chi connectivity index (χ1) is 16.9. The van der Waals surface area contributed by atoms with Gasteiger partial charge in [-0.1, -0.05) is 85.7 Å². The predicted octanol–water partition coefficient (Wildman–Crippen LogP) is 5.55. The summed E-state index contributed by atoms with van der Waals surface area (Å²) in [7, 11) is -5.86. The number of amides is 1. The van der Waals surface area contributed by atoms with E-state index in [1.807, 2.05) is 30.3 Å². The maximum atomic E-state index is 13.4. The molecule has 4 rings (SSSR count). The number of hydroxylamine groups is 2. The summed E-state index contributed by atoms with van der Waals surface area (Å²) < 4.78 is 21.3. The van der Waals surface area contributed by atoms with Crippen molar-refractivity contribution in [2.45, 2.75) is 108 Å².